The Kier molecular flexibility index (Phi) is 2.51. The van der Waals surface area contributed by atoms with Crippen molar-refractivity contribution < 1.29 is 13.5 Å². The minimum atomic E-state index is -2.69. The van der Waals surface area contributed by atoms with Crippen LogP contribution in [0.1, 0.15) is 25.7 Å². The molecule has 0 aromatic heterocycles. The predicted molar refractivity (Wildman–Crippen MR) is 44.9 cm³/mol. The zero-order valence-corrected chi connectivity index (χ0v) is 7.56. The first-order valence-electron chi connectivity index (χ1n) is 4.88. The number of ether oxygens (including phenoxy) is 1. The van der Waals surface area contributed by atoms with E-state index < -0.39 is 12.5 Å². The quantitative estimate of drug-likeness (QED) is 0.687. The molecule has 2 aliphatic carbocycles. The Hall–Kier alpha value is -0.220. The van der Waals surface area contributed by atoms with Gasteiger partial charge in [-0.2, -0.15) is 0 Å². The van der Waals surface area contributed by atoms with Crippen molar-refractivity contribution in [2.24, 2.45) is 0 Å². The Morgan fingerprint density at radius 3 is 2.46 bits per heavy atom. The Morgan fingerprint density at radius 1 is 1.23 bits per heavy atom. The van der Waals surface area contributed by atoms with Crippen molar-refractivity contribution in [1.29, 1.82) is 0 Å². The first-order chi connectivity index (χ1) is 6.16. The number of alkyl halides is 2. The minimum absolute atomic E-state index is 0.117. The van der Waals surface area contributed by atoms with Gasteiger partial charge < -0.3 is 10.1 Å². The van der Waals surface area contributed by atoms with Crippen molar-refractivity contribution in [3.63, 3.8) is 0 Å². The van der Waals surface area contributed by atoms with Crippen LogP contribution in [0.4, 0.5) is 8.78 Å². The molecule has 2 nitrogen and oxygen atoms in total. The number of hydrogen-bond acceptors (Lipinski definition) is 2. The third-order valence-electron chi connectivity index (χ3n) is 2.28. The molecule has 2 saturated carbocycles. The molecule has 0 radical (unpaired) electrons. The molecule has 0 aromatic rings. The van der Waals surface area contributed by atoms with Gasteiger partial charge in [0.1, 0.15) is 6.61 Å². The first kappa shape index (κ1) is 9.34. The van der Waals surface area contributed by atoms with E-state index in [1.165, 1.54) is 0 Å². The fraction of sp³-hybridized carbons (Fsp3) is 1.00. The van der Waals surface area contributed by atoms with Crippen LogP contribution in [0.2, 0.25) is 0 Å². The lowest BCUT2D eigenvalue weighted by atomic mass is 10.3. The van der Waals surface area contributed by atoms with Crippen molar-refractivity contribution in [2.75, 3.05) is 13.2 Å². The molecule has 0 atom stereocenters. The summed E-state index contributed by atoms with van der Waals surface area (Å²) in [5, 5.41) is 2.81. The second-order valence-electron chi connectivity index (χ2n) is 4.02. The van der Waals surface area contributed by atoms with E-state index >= 15 is 0 Å². The van der Waals surface area contributed by atoms with Gasteiger partial charge in [0.25, 0.3) is 5.92 Å². The maximum absolute atomic E-state index is 13.0. The molecule has 0 aromatic carbocycles. The highest BCUT2D eigenvalue weighted by Crippen LogP contribution is 2.26. The molecule has 0 aliphatic heterocycles. The van der Waals surface area contributed by atoms with Gasteiger partial charge in [0.15, 0.2) is 0 Å². The zero-order chi connectivity index (χ0) is 9.31. The highest BCUT2D eigenvalue weighted by atomic mass is 19.3. The highest BCUT2D eigenvalue weighted by molar-refractivity contribution is 4.84. The molecule has 0 amide bonds. The van der Waals surface area contributed by atoms with Gasteiger partial charge in [-0.05, 0) is 25.7 Å². The largest absolute Gasteiger partial charge is 0.372 e. The molecule has 2 aliphatic rings. The molecule has 13 heavy (non-hydrogen) atoms. The van der Waals surface area contributed by atoms with Crippen molar-refractivity contribution >= 4 is 0 Å². The van der Waals surface area contributed by atoms with Crippen LogP contribution in [0.3, 0.4) is 0 Å². The lowest BCUT2D eigenvalue weighted by Gasteiger charge is -2.16. The van der Waals surface area contributed by atoms with Gasteiger partial charge in [-0.3, -0.25) is 0 Å². The summed E-state index contributed by atoms with van der Waals surface area (Å²) in [6.45, 7) is -0.651. The van der Waals surface area contributed by atoms with Crippen LogP contribution in [0.25, 0.3) is 0 Å². The summed E-state index contributed by atoms with van der Waals surface area (Å²) in [4.78, 5) is 0. The van der Waals surface area contributed by atoms with Crippen LogP contribution in [0.15, 0.2) is 0 Å². The smallest absolute Gasteiger partial charge is 0.283 e. The van der Waals surface area contributed by atoms with Gasteiger partial charge in [0, 0.05) is 6.04 Å². The van der Waals surface area contributed by atoms with E-state index in [9.17, 15) is 8.78 Å². The van der Waals surface area contributed by atoms with Gasteiger partial charge in [0.2, 0.25) is 0 Å². The molecule has 0 unspecified atom stereocenters. The topological polar surface area (TPSA) is 21.3 Å². The summed E-state index contributed by atoms with van der Waals surface area (Å²) < 4.78 is 31.0. The Bertz CT molecular complexity index is 160. The van der Waals surface area contributed by atoms with Crippen LogP contribution in [0.5, 0.6) is 0 Å². The maximum Gasteiger partial charge on any atom is 0.283 e. The second kappa shape index (κ2) is 3.50. The first-order valence-corrected chi connectivity index (χ1v) is 4.88. The van der Waals surface area contributed by atoms with E-state index in [4.69, 9.17) is 4.74 Å². The van der Waals surface area contributed by atoms with Crippen molar-refractivity contribution in [3.05, 3.63) is 0 Å². The van der Waals surface area contributed by atoms with Gasteiger partial charge in [-0.15, -0.1) is 0 Å². The standard InChI is InChI=1S/C9H15F2NO/c10-9(11,5-12-7-1-2-7)6-13-8-3-4-8/h7-8,12H,1-6H2. The number of nitrogens with one attached hydrogen (secondary N) is 1. The monoisotopic (exact) mass is 191 g/mol. The zero-order valence-electron chi connectivity index (χ0n) is 7.56. The van der Waals surface area contributed by atoms with Crippen LogP contribution in [0, 0.1) is 0 Å². The molecule has 1 N–H and O–H groups in total. The molecule has 2 fully saturated rings. The molecule has 0 heterocycles. The van der Waals surface area contributed by atoms with E-state index in [0.29, 0.717) is 6.04 Å². The average molecular weight is 191 g/mol. The van der Waals surface area contributed by atoms with Crippen LogP contribution in [-0.4, -0.2) is 31.2 Å². The van der Waals surface area contributed by atoms with E-state index in [-0.39, 0.29) is 12.6 Å². The highest BCUT2D eigenvalue weighted by Gasteiger charge is 2.35. The molecule has 0 bridgehead atoms. The Labute approximate surface area is 76.6 Å². The molecule has 2 rings (SSSR count). The maximum atomic E-state index is 13.0. The van der Waals surface area contributed by atoms with Crippen molar-refractivity contribution in [3.8, 4) is 0 Å². The minimum Gasteiger partial charge on any atom is -0.372 e. The lowest BCUT2D eigenvalue weighted by Crippen LogP contribution is -2.38. The predicted octanol–water partition coefficient (Wildman–Crippen LogP) is 1.55. The summed E-state index contributed by atoms with van der Waals surface area (Å²) >= 11 is 0. The van der Waals surface area contributed by atoms with Gasteiger partial charge >= 0.3 is 0 Å². The van der Waals surface area contributed by atoms with Gasteiger partial charge in [0.05, 0.1) is 12.6 Å². The normalized spacial score (nSPS) is 23.5. The molecule has 76 valence electrons. The molecule has 0 saturated heterocycles. The average Bonchev–Trinajstić information content (AvgIpc) is 2.92. The Morgan fingerprint density at radius 2 is 1.92 bits per heavy atom. The molecular formula is C9H15F2NO. The fourth-order valence-electron chi connectivity index (χ4n) is 1.11. The van der Waals surface area contributed by atoms with Gasteiger partial charge in [-0.1, -0.05) is 0 Å². The van der Waals surface area contributed by atoms with E-state index in [2.05, 4.69) is 5.32 Å². The summed E-state index contributed by atoms with van der Waals surface area (Å²) in [7, 11) is 0. The summed E-state index contributed by atoms with van der Waals surface area (Å²) in [6, 6.07) is 0.340. The molecule has 4 heteroatoms. The van der Waals surface area contributed by atoms with Crippen molar-refractivity contribution in [1.82, 2.24) is 5.32 Å². The molecular weight excluding hydrogens is 176 g/mol. The van der Waals surface area contributed by atoms with Gasteiger partial charge in [-0.25, -0.2) is 8.78 Å². The molecule has 0 spiro atoms. The SMILES string of the molecule is FC(F)(CNC1CC1)COC1CC1. The third kappa shape index (κ3) is 3.56. The Balaban J connectivity index is 1.60. The van der Waals surface area contributed by atoms with Crippen LogP contribution < -0.4 is 5.32 Å². The number of rotatable bonds is 6. The number of hydrogen-bond donors (Lipinski definition) is 1. The van der Waals surface area contributed by atoms with E-state index in [1.54, 1.807) is 0 Å². The van der Waals surface area contributed by atoms with E-state index in [1.807, 2.05) is 0 Å². The summed E-state index contributed by atoms with van der Waals surface area (Å²) in [5.74, 6) is -2.69. The van der Waals surface area contributed by atoms with Crippen molar-refractivity contribution in [2.45, 2.75) is 43.8 Å². The van der Waals surface area contributed by atoms with E-state index in [0.717, 1.165) is 25.7 Å². The fourth-order valence-corrected chi connectivity index (χ4v) is 1.11. The summed E-state index contributed by atoms with van der Waals surface area (Å²) in [5.41, 5.74) is 0. The lowest BCUT2D eigenvalue weighted by molar-refractivity contribution is -0.0795. The second-order valence-corrected chi connectivity index (χ2v) is 4.02. The summed E-state index contributed by atoms with van der Waals surface area (Å²) in [6.07, 6.45) is 4.10. The van der Waals surface area contributed by atoms with Crippen LogP contribution >= 0.6 is 0 Å². The third-order valence-corrected chi connectivity index (χ3v) is 2.28. The van der Waals surface area contributed by atoms with Crippen LogP contribution in [-0.2, 0) is 4.74 Å². The number of halogens is 2.